The van der Waals surface area contributed by atoms with Crippen molar-refractivity contribution >= 4 is 29.3 Å². The molecular weight excluding hydrogens is 392 g/mol. The van der Waals surface area contributed by atoms with E-state index < -0.39 is 5.97 Å². The highest BCUT2D eigenvalue weighted by Crippen LogP contribution is 2.24. The molecule has 1 aromatic heterocycles. The molecule has 150 valence electrons. The third-order valence-electron chi connectivity index (χ3n) is 4.11. The van der Waals surface area contributed by atoms with Gasteiger partial charge >= 0.3 is 5.97 Å². The van der Waals surface area contributed by atoms with Crippen molar-refractivity contribution in [1.82, 2.24) is 14.8 Å². The van der Waals surface area contributed by atoms with E-state index in [0.29, 0.717) is 22.2 Å². The second-order valence-electron chi connectivity index (χ2n) is 6.00. The maximum atomic E-state index is 12.2. The monoisotopic (exact) mass is 412 g/mol. The summed E-state index contributed by atoms with van der Waals surface area (Å²) in [6, 6.07) is 14.0. The quantitative estimate of drug-likeness (QED) is 0.471. The Morgan fingerprint density at radius 3 is 2.34 bits per heavy atom. The molecule has 9 heteroatoms. The first kappa shape index (κ1) is 20.4. The second kappa shape index (κ2) is 9.24. The zero-order valence-corrected chi connectivity index (χ0v) is 17.0. The third kappa shape index (κ3) is 4.94. The van der Waals surface area contributed by atoms with E-state index in [4.69, 9.17) is 4.74 Å². The SMILES string of the molecule is COC(=O)c1ccc(NC(=O)CSc2nnc(-c3ccc(OC)cc3)n2C)cc1. The highest BCUT2D eigenvalue weighted by atomic mass is 32.2. The Balaban J connectivity index is 1.59. The van der Waals surface area contributed by atoms with E-state index in [9.17, 15) is 9.59 Å². The zero-order valence-electron chi connectivity index (χ0n) is 16.2. The number of carbonyl (C=O) groups excluding carboxylic acids is 2. The van der Waals surface area contributed by atoms with Crippen molar-refractivity contribution in [3.05, 3.63) is 54.1 Å². The minimum atomic E-state index is -0.423. The Labute approximate surface area is 172 Å². The number of ether oxygens (including phenoxy) is 2. The molecule has 3 rings (SSSR count). The van der Waals surface area contributed by atoms with E-state index in [0.717, 1.165) is 11.3 Å². The highest BCUT2D eigenvalue weighted by molar-refractivity contribution is 7.99. The van der Waals surface area contributed by atoms with Gasteiger partial charge in [-0.25, -0.2) is 4.79 Å². The van der Waals surface area contributed by atoms with Crippen LogP contribution in [0.5, 0.6) is 5.75 Å². The van der Waals surface area contributed by atoms with Crippen LogP contribution in [0.3, 0.4) is 0 Å². The first-order chi connectivity index (χ1) is 14.0. The summed E-state index contributed by atoms with van der Waals surface area (Å²) in [6.45, 7) is 0. The predicted molar refractivity (Wildman–Crippen MR) is 110 cm³/mol. The summed E-state index contributed by atoms with van der Waals surface area (Å²) in [5.41, 5.74) is 1.92. The van der Waals surface area contributed by atoms with Gasteiger partial charge in [-0.3, -0.25) is 4.79 Å². The normalized spacial score (nSPS) is 10.4. The van der Waals surface area contributed by atoms with E-state index >= 15 is 0 Å². The van der Waals surface area contributed by atoms with Crippen molar-refractivity contribution in [2.75, 3.05) is 25.3 Å². The Kier molecular flexibility index (Phi) is 6.50. The van der Waals surface area contributed by atoms with Crippen LogP contribution < -0.4 is 10.1 Å². The molecule has 0 bridgehead atoms. The summed E-state index contributed by atoms with van der Waals surface area (Å²) in [4.78, 5) is 23.7. The van der Waals surface area contributed by atoms with Crippen molar-refractivity contribution in [3.63, 3.8) is 0 Å². The number of hydrogen-bond acceptors (Lipinski definition) is 7. The Bertz CT molecular complexity index is 1000. The number of benzene rings is 2. The molecule has 0 radical (unpaired) electrons. The van der Waals surface area contributed by atoms with Gasteiger partial charge in [0, 0.05) is 18.3 Å². The van der Waals surface area contributed by atoms with Crippen molar-refractivity contribution in [2.24, 2.45) is 7.05 Å². The number of methoxy groups -OCH3 is 2. The Hall–Kier alpha value is -3.33. The van der Waals surface area contributed by atoms with Gasteiger partial charge in [-0.05, 0) is 48.5 Å². The van der Waals surface area contributed by atoms with Gasteiger partial charge in [-0.2, -0.15) is 0 Å². The lowest BCUT2D eigenvalue weighted by Gasteiger charge is -2.07. The average molecular weight is 412 g/mol. The van der Waals surface area contributed by atoms with Crippen LogP contribution in [-0.2, 0) is 16.6 Å². The molecule has 0 saturated heterocycles. The van der Waals surface area contributed by atoms with Crippen molar-refractivity contribution in [2.45, 2.75) is 5.16 Å². The van der Waals surface area contributed by atoms with E-state index in [-0.39, 0.29) is 11.7 Å². The van der Waals surface area contributed by atoms with Gasteiger partial charge in [-0.15, -0.1) is 10.2 Å². The molecular formula is C20H20N4O4S. The lowest BCUT2D eigenvalue weighted by atomic mass is 10.2. The smallest absolute Gasteiger partial charge is 0.337 e. The van der Waals surface area contributed by atoms with E-state index in [2.05, 4.69) is 20.3 Å². The van der Waals surface area contributed by atoms with Crippen molar-refractivity contribution < 1.29 is 19.1 Å². The molecule has 0 aliphatic carbocycles. The number of nitrogens with one attached hydrogen (secondary N) is 1. The number of hydrogen-bond donors (Lipinski definition) is 1. The van der Waals surface area contributed by atoms with E-state index in [1.807, 2.05) is 35.9 Å². The first-order valence-corrected chi connectivity index (χ1v) is 9.65. The zero-order chi connectivity index (χ0) is 20.8. The van der Waals surface area contributed by atoms with E-state index in [1.165, 1.54) is 18.9 Å². The fourth-order valence-electron chi connectivity index (χ4n) is 2.57. The minimum Gasteiger partial charge on any atom is -0.497 e. The number of rotatable bonds is 7. The highest BCUT2D eigenvalue weighted by Gasteiger charge is 2.13. The fourth-order valence-corrected chi connectivity index (χ4v) is 3.28. The molecule has 1 amide bonds. The summed E-state index contributed by atoms with van der Waals surface area (Å²) >= 11 is 1.29. The Morgan fingerprint density at radius 1 is 1.03 bits per heavy atom. The van der Waals surface area contributed by atoms with Gasteiger partial charge in [0.05, 0.1) is 25.5 Å². The van der Waals surface area contributed by atoms with E-state index in [1.54, 1.807) is 31.4 Å². The second-order valence-corrected chi connectivity index (χ2v) is 6.94. The lowest BCUT2D eigenvalue weighted by molar-refractivity contribution is -0.113. The van der Waals surface area contributed by atoms with Crippen LogP contribution >= 0.6 is 11.8 Å². The molecule has 0 unspecified atom stereocenters. The number of esters is 1. The molecule has 0 aliphatic rings. The summed E-state index contributed by atoms with van der Waals surface area (Å²) in [6.07, 6.45) is 0. The molecule has 3 aromatic rings. The van der Waals surface area contributed by atoms with Crippen LogP contribution in [0.15, 0.2) is 53.7 Å². The Morgan fingerprint density at radius 2 is 1.72 bits per heavy atom. The number of anilines is 1. The standard InChI is InChI=1S/C20H20N4O4S/c1-24-18(13-6-10-16(27-2)11-7-13)22-23-20(24)29-12-17(25)21-15-8-4-14(5-9-15)19(26)28-3/h4-11H,12H2,1-3H3,(H,21,25). The molecule has 0 spiro atoms. The van der Waals surface area contributed by atoms with Gasteiger partial charge < -0.3 is 19.4 Å². The molecule has 0 saturated carbocycles. The number of aromatic nitrogens is 3. The molecule has 0 atom stereocenters. The minimum absolute atomic E-state index is 0.174. The lowest BCUT2D eigenvalue weighted by Crippen LogP contribution is -2.14. The van der Waals surface area contributed by atoms with Crippen molar-refractivity contribution in [1.29, 1.82) is 0 Å². The average Bonchev–Trinajstić information content (AvgIpc) is 3.12. The van der Waals surface area contributed by atoms with Gasteiger partial charge in [0.2, 0.25) is 5.91 Å². The third-order valence-corrected chi connectivity index (χ3v) is 5.13. The van der Waals surface area contributed by atoms with Gasteiger partial charge in [0.1, 0.15) is 5.75 Å². The summed E-state index contributed by atoms with van der Waals surface area (Å²) < 4.78 is 11.7. The number of carbonyl (C=O) groups is 2. The summed E-state index contributed by atoms with van der Waals surface area (Å²) in [5, 5.41) is 11.8. The van der Waals surface area contributed by atoms with Crippen LogP contribution in [0.4, 0.5) is 5.69 Å². The van der Waals surface area contributed by atoms with Crippen LogP contribution in [0, 0.1) is 0 Å². The van der Waals surface area contributed by atoms with Gasteiger partial charge in [-0.1, -0.05) is 11.8 Å². The fraction of sp³-hybridized carbons (Fsp3) is 0.200. The van der Waals surface area contributed by atoms with Crippen LogP contribution in [0.1, 0.15) is 10.4 Å². The molecule has 1 N–H and O–H groups in total. The molecule has 29 heavy (non-hydrogen) atoms. The molecule has 1 heterocycles. The molecule has 8 nitrogen and oxygen atoms in total. The maximum Gasteiger partial charge on any atom is 0.337 e. The molecule has 0 fully saturated rings. The van der Waals surface area contributed by atoms with Gasteiger partial charge in [0.15, 0.2) is 11.0 Å². The predicted octanol–water partition coefficient (Wildman–Crippen LogP) is 3.01. The van der Waals surface area contributed by atoms with Crippen LogP contribution in [-0.4, -0.2) is 46.6 Å². The number of amides is 1. The van der Waals surface area contributed by atoms with Crippen LogP contribution in [0.2, 0.25) is 0 Å². The van der Waals surface area contributed by atoms with Gasteiger partial charge in [0.25, 0.3) is 0 Å². The van der Waals surface area contributed by atoms with Crippen molar-refractivity contribution in [3.8, 4) is 17.1 Å². The topological polar surface area (TPSA) is 95.3 Å². The van der Waals surface area contributed by atoms with Crippen LogP contribution in [0.25, 0.3) is 11.4 Å². The largest absolute Gasteiger partial charge is 0.497 e. The first-order valence-electron chi connectivity index (χ1n) is 8.66. The number of thioether (sulfide) groups is 1. The maximum absolute atomic E-state index is 12.2. The summed E-state index contributed by atoms with van der Waals surface area (Å²) in [5.74, 6) is 1.03. The summed E-state index contributed by atoms with van der Waals surface area (Å²) in [7, 11) is 4.79. The molecule has 2 aromatic carbocycles. The molecule has 0 aliphatic heterocycles. The number of nitrogens with zero attached hydrogens (tertiary/aromatic N) is 3.